The van der Waals surface area contributed by atoms with Gasteiger partial charge in [0.2, 0.25) is 0 Å². The number of anilines is 1. The van der Waals surface area contributed by atoms with Crippen LogP contribution in [0, 0.1) is 0 Å². The third-order valence-electron chi connectivity index (χ3n) is 3.88. The first kappa shape index (κ1) is 16.2. The molecule has 1 aromatic heterocycles. The third kappa shape index (κ3) is 4.65. The minimum absolute atomic E-state index is 0.677. The molecule has 0 spiro atoms. The smallest absolute Gasteiger partial charge is 0.139 e. The molecule has 4 nitrogen and oxygen atoms in total. The zero-order valence-corrected chi connectivity index (χ0v) is 13.6. The number of nitrogen functional groups attached to an aromatic ring is 1. The second-order valence-electron chi connectivity index (χ2n) is 5.81. The number of hydrazine groups is 1. The molecule has 0 aliphatic rings. The van der Waals surface area contributed by atoms with Crippen molar-refractivity contribution in [2.24, 2.45) is 5.84 Å². The van der Waals surface area contributed by atoms with E-state index >= 15 is 0 Å². The molecular weight excluding hydrogens is 296 g/mol. The van der Waals surface area contributed by atoms with E-state index in [1.807, 2.05) is 24.4 Å². The van der Waals surface area contributed by atoms with E-state index in [1.54, 1.807) is 0 Å². The van der Waals surface area contributed by atoms with Crippen LogP contribution >= 0.6 is 0 Å². The van der Waals surface area contributed by atoms with Crippen LogP contribution in [0.2, 0.25) is 0 Å². The van der Waals surface area contributed by atoms with E-state index in [4.69, 9.17) is 5.84 Å². The Bertz CT molecular complexity index is 685. The van der Waals surface area contributed by atoms with E-state index in [2.05, 4.69) is 69.9 Å². The lowest BCUT2D eigenvalue weighted by molar-refractivity contribution is 0.247. The molecule has 3 N–H and O–H groups in total. The summed E-state index contributed by atoms with van der Waals surface area (Å²) in [4.78, 5) is 6.72. The van der Waals surface area contributed by atoms with E-state index in [-0.39, 0.29) is 0 Å². The predicted octanol–water partition coefficient (Wildman–Crippen LogP) is 3.57. The molecule has 4 heteroatoms. The van der Waals surface area contributed by atoms with Crippen molar-refractivity contribution in [2.75, 3.05) is 5.43 Å². The maximum absolute atomic E-state index is 5.38. The number of benzene rings is 2. The van der Waals surface area contributed by atoms with E-state index in [0.29, 0.717) is 5.82 Å². The lowest BCUT2D eigenvalue weighted by Crippen LogP contribution is -2.22. The molecule has 3 rings (SSSR count). The van der Waals surface area contributed by atoms with Gasteiger partial charge in [-0.05, 0) is 22.8 Å². The molecule has 24 heavy (non-hydrogen) atoms. The number of nitrogens with one attached hydrogen (secondary N) is 1. The van der Waals surface area contributed by atoms with Gasteiger partial charge in [-0.25, -0.2) is 10.8 Å². The summed E-state index contributed by atoms with van der Waals surface area (Å²) in [6.07, 6.45) is 1.87. The highest BCUT2D eigenvalue weighted by Gasteiger charge is 2.09. The Hall–Kier alpha value is -2.69. The number of nitrogens with two attached hydrogens (primary N) is 1. The zero-order valence-electron chi connectivity index (χ0n) is 13.6. The van der Waals surface area contributed by atoms with Gasteiger partial charge in [0.15, 0.2) is 0 Å². The highest BCUT2D eigenvalue weighted by molar-refractivity contribution is 5.33. The van der Waals surface area contributed by atoms with Gasteiger partial charge >= 0.3 is 0 Å². The van der Waals surface area contributed by atoms with Crippen molar-refractivity contribution in [1.82, 2.24) is 9.88 Å². The Kier molecular flexibility index (Phi) is 5.56. The number of nitrogens with zero attached hydrogens (tertiary/aromatic N) is 2. The van der Waals surface area contributed by atoms with Gasteiger partial charge in [0.1, 0.15) is 5.82 Å². The van der Waals surface area contributed by atoms with Crippen molar-refractivity contribution in [1.29, 1.82) is 0 Å². The van der Waals surface area contributed by atoms with Gasteiger partial charge in [-0.1, -0.05) is 66.7 Å². The fourth-order valence-corrected chi connectivity index (χ4v) is 2.71. The predicted molar refractivity (Wildman–Crippen MR) is 97.9 cm³/mol. The largest absolute Gasteiger partial charge is 0.308 e. The van der Waals surface area contributed by atoms with Gasteiger partial charge in [0, 0.05) is 25.8 Å². The lowest BCUT2D eigenvalue weighted by atomic mass is 10.1. The molecule has 1 heterocycles. The van der Waals surface area contributed by atoms with Crippen LogP contribution in [0.5, 0.6) is 0 Å². The fourth-order valence-electron chi connectivity index (χ4n) is 2.71. The SMILES string of the molecule is NNc1ccc(CN(Cc2ccccc2)Cc2ccccc2)cn1. The van der Waals surface area contributed by atoms with E-state index in [1.165, 1.54) is 16.7 Å². The Morgan fingerprint density at radius 1 is 0.708 bits per heavy atom. The maximum Gasteiger partial charge on any atom is 0.139 e. The van der Waals surface area contributed by atoms with Gasteiger partial charge in [-0.3, -0.25) is 4.90 Å². The van der Waals surface area contributed by atoms with Crippen molar-refractivity contribution in [3.63, 3.8) is 0 Å². The quantitative estimate of drug-likeness (QED) is 0.516. The number of rotatable bonds is 7. The van der Waals surface area contributed by atoms with Crippen molar-refractivity contribution in [3.8, 4) is 0 Å². The van der Waals surface area contributed by atoms with Crippen molar-refractivity contribution < 1.29 is 0 Å². The molecule has 0 unspecified atom stereocenters. The number of hydrogen-bond donors (Lipinski definition) is 2. The number of hydrogen-bond acceptors (Lipinski definition) is 4. The molecule has 3 aromatic rings. The van der Waals surface area contributed by atoms with E-state index in [9.17, 15) is 0 Å². The second kappa shape index (κ2) is 8.24. The summed E-state index contributed by atoms with van der Waals surface area (Å²) < 4.78 is 0. The first-order chi connectivity index (χ1) is 11.8. The molecule has 0 saturated carbocycles. The van der Waals surface area contributed by atoms with Gasteiger partial charge in [-0.15, -0.1) is 0 Å². The van der Waals surface area contributed by atoms with Gasteiger partial charge in [0.05, 0.1) is 0 Å². The van der Waals surface area contributed by atoms with E-state index in [0.717, 1.165) is 19.6 Å². The summed E-state index contributed by atoms with van der Waals surface area (Å²) in [5, 5.41) is 0. The first-order valence-electron chi connectivity index (χ1n) is 8.05. The standard InChI is InChI=1S/C20H22N4/c21-23-20-12-11-19(13-22-20)16-24(14-17-7-3-1-4-8-17)15-18-9-5-2-6-10-18/h1-13H,14-16,21H2,(H,22,23). The van der Waals surface area contributed by atoms with Crippen LogP contribution in [-0.2, 0) is 19.6 Å². The second-order valence-corrected chi connectivity index (χ2v) is 5.81. The summed E-state index contributed by atoms with van der Waals surface area (Å²) in [5.74, 6) is 6.06. The van der Waals surface area contributed by atoms with Crippen LogP contribution in [0.25, 0.3) is 0 Å². The first-order valence-corrected chi connectivity index (χ1v) is 8.05. The summed E-state index contributed by atoms with van der Waals surface area (Å²) in [6.45, 7) is 2.63. The number of aromatic nitrogens is 1. The fraction of sp³-hybridized carbons (Fsp3) is 0.150. The molecule has 0 atom stereocenters. The lowest BCUT2D eigenvalue weighted by Gasteiger charge is -2.23. The molecule has 0 fully saturated rings. The number of pyridine rings is 1. The monoisotopic (exact) mass is 318 g/mol. The summed E-state index contributed by atoms with van der Waals surface area (Å²) in [5.41, 5.74) is 6.34. The minimum Gasteiger partial charge on any atom is -0.308 e. The highest BCUT2D eigenvalue weighted by atomic mass is 15.2. The van der Waals surface area contributed by atoms with Crippen LogP contribution in [0.3, 0.4) is 0 Å². The highest BCUT2D eigenvalue weighted by Crippen LogP contribution is 2.14. The van der Waals surface area contributed by atoms with Crippen LogP contribution < -0.4 is 11.3 Å². The summed E-state index contributed by atoms with van der Waals surface area (Å²) in [7, 11) is 0. The minimum atomic E-state index is 0.677. The van der Waals surface area contributed by atoms with Gasteiger partial charge in [-0.2, -0.15) is 0 Å². The summed E-state index contributed by atoms with van der Waals surface area (Å²) in [6, 6.07) is 25.0. The molecule has 122 valence electrons. The van der Waals surface area contributed by atoms with Crippen molar-refractivity contribution >= 4 is 5.82 Å². The molecule has 0 saturated heterocycles. The van der Waals surface area contributed by atoms with Gasteiger partial charge in [0.25, 0.3) is 0 Å². The molecule has 0 bridgehead atoms. The van der Waals surface area contributed by atoms with Gasteiger partial charge < -0.3 is 5.43 Å². The van der Waals surface area contributed by atoms with Crippen LogP contribution in [0.15, 0.2) is 79.0 Å². The molecule has 0 aliphatic heterocycles. The van der Waals surface area contributed by atoms with Crippen LogP contribution in [0.4, 0.5) is 5.82 Å². The molecular formula is C20H22N4. The normalized spacial score (nSPS) is 10.8. The van der Waals surface area contributed by atoms with Crippen molar-refractivity contribution in [3.05, 3.63) is 95.7 Å². The molecule has 0 amide bonds. The zero-order chi connectivity index (χ0) is 16.6. The molecule has 2 aromatic carbocycles. The Balaban J connectivity index is 1.75. The topological polar surface area (TPSA) is 54.2 Å². The van der Waals surface area contributed by atoms with Crippen LogP contribution in [0.1, 0.15) is 16.7 Å². The average Bonchev–Trinajstić information content (AvgIpc) is 2.64. The third-order valence-corrected chi connectivity index (χ3v) is 3.88. The Morgan fingerprint density at radius 3 is 1.71 bits per heavy atom. The molecule has 0 radical (unpaired) electrons. The Labute approximate surface area is 142 Å². The van der Waals surface area contributed by atoms with Crippen LogP contribution in [-0.4, -0.2) is 9.88 Å². The summed E-state index contributed by atoms with van der Waals surface area (Å²) >= 11 is 0. The average molecular weight is 318 g/mol. The maximum atomic E-state index is 5.38. The van der Waals surface area contributed by atoms with E-state index < -0.39 is 0 Å². The molecule has 0 aliphatic carbocycles. The van der Waals surface area contributed by atoms with Crippen molar-refractivity contribution in [2.45, 2.75) is 19.6 Å². The Morgan fingerprint density at radius 2 is 1.25 bits per heavy atom.